The van der Waals surface area contributed by atoms with Crippen molar-refractivity contribution in [1.29, 1.82) is 0 Å². The lowest BCUT2D eigenvalue weighted by Crippen LogP contribution is -2.21. The average molecular weight is 320 g/mol. The number of benzene rings is 1. The van der Waals surface area contributed by atoms with Crippen LogP contribution in [0.25, 0.3) is 17.0 Å². The van der Waals surface area contributed by atoms with Crippen molar-refractivity contribution in [3.8, 4) is 11.4 Å². The number of rotatable bonds is 6. The summed E-state index contributed by atoms with van der Waals surface area (Å²) in [6.07, 6.45) is 2.63. The van der Waals surface area contributed by atoms with E-state index in [1.165, 1.54) is 0 Å². The predicted octanol–water partition coefficient (Wildman–Crippen LogP) is 2.54. The largest absolute Gasteiger partial charge is 0.394 e. The molecule has 0 aliphatic heterocycles. The molecule has 0 aliphatic rings. The lowest BCUT2D eigenvalue weighted by atomic mass is 10.2. The number of halogens is 1. The second kappa shape index (κ2) is 7.35. The van der Waals surface area contributed by atoms with E-state index in [1.54, 1.807) is 22.9 Å². The van der Waals surface area contributed by atoms with Gasteiger partial charge in [0.05, 0.1) is 19.3 Å². The average Bonchev–Trinajstić information content (AvgIpc) is 2.92. The lowest BCUT2D eigenvalue weighted by molar-refractivity contribution is 0.0780. The van der Waals surface area contributed by atoms with Crippen LogP contribution in [0.5, 0.6) is 0 Å². The number of hydrogen-bond acceptors (Lipinski definition) is 4. The molecule has 0 saturated heterocycles. The van der Waals surface area contributed by atoms with E-state index in [4.69, 9.17) is 16.7 Å². The predicted molar refractivity (Wildman–Crippen MR) is 87.4 cm³/mol. The number of aromatic nitrogens is 3. The van der Waals surface area contributed by atoms with Crippen LogP contribution in [-0.2, 0) is 6.54 Å². The summed E-state index contributed by atoms with van der Waals surface area (Å²) >= 11 is 6.00. The molecule has 0 amide bonds. The van der Waals surface area contributed by atoms with Gasteiger partial charge in [0, 0.05) is 16.2 Å². The maximum atomic E-state index is 9.68. The quantitative estimate of drug-likeness (QED) is 0.803. The SMILES string of the molecule is C=CC(=CC)c1nc(-c2cccc(Cl)c2)nn1CC(O)CO. The van der Waals surface area contributed by atoms with Crippen molar-refractivity contribution in [2.24, 2.45) is 0 Å². The molecule has 2 aromatic rings. The van der Waals surface area contributed by atoms with E-state index in [-0.39, 0.29) is 13.2 Å². The molecule has 0 saturated carbocycles. The van der Waals surface area contributed by atoms with Crippen LogP contribution >= 0.6 is 11.6 Å². The van der Waals surface area contributed by atoms with Crippen LogP contribution in [0.15, 0.2) is 43.0 Å². The zero-order valence-electron chi connectivity index (χ0n) is 12.3. The van der Waals surface area contributed by atoms with Crippen LogP contribution in [-0.4, -0.2) is 37.7 Å². The zero-order chi connectivity index (χ0) is 16.1. The van der Waals surface area contributed by atoms with Gasteiger partial charge in [0.1, 0.15) is 0 Å². The Bertz CT molecular complexity index is 694. The number of allylic oxidation sites excluding steroid dienone is 3. The molecule has 2 rings (SSSR count). The van der Waals surface area contributed by atoms with Gasteiger partial charge in [0.25, 0.3) is 0 Å². The molecule has 2 N–H and O–H groups in total. The summed E-state index contributed by atoms with van der Waals surface area (Å²) in [5, 5.41) is 23.7. The second-order valence-electron chi connectivity index (χ2n) is 4.74. The van der Waals surface area contributed by atoms with Crippen molar-refractivity contribution in [3.05, 3.63) is 53.8 Å². The van der Waals surface area contributed by atoms with Crippen LogP contribution in [0, 0.1) is 0 Å². The minimum absolute atomic E-state index is 0.143. The minimum atomic E-state index is -0.907. The van der Waals surface area contributed by atoms with Gasteiger partial charge in [-0.3, -0.25) is 0 Å². The first kappa shape index (κ1) is 16.4. The Kier molecular flexibility index (Phi) is 5.49. The van der Waals surface area contributed by atoms with E-state index in [1.807, 2.05) is 25.1 Å². The maximum Gasteiger partial charge on any atom is 0.181 e. The minimum Gasteiger partial charge on any atom is -0.394 e. The van der Waals surface area contributed by atoms with Gasteiger partial charge in [-0.05, 0) is 19.1 Å². The third-order valence-electron chi connectivity index (χ3n) is 3.14. The van der Waals surface area contributed by atoms with Gasteiger partial charge in [-0.15, -0.1) is 0 Å². The molecule has 0 bridgehead atoms. The molecule has 1 aromatic carbocycles. The molecule has 116 valence electrons. The van der Waals surface area contributed by atoms with Gasteiger partial charge < -0.3 is 10.2 Å². The van der Waals surface area contributed by atoms with Gasteiger partial charge in [-0.1, -0.05) is 42.5 Å². The van der Waals surface area contributed by atoms with Crippen molar-refractivity contribution in [1.82, 2.24) is 14.8 Å². The number of hydrogen-bond donors (Lipinski definition) is 2. The van der Waals surface area contributed by atoms with Crippen LogP contribution in [0.4, 0.5) is 0 Å². The van der Waals surface area contributed by atoms with E-state index < -0.39 is 6.10 Å². The highest BCUT2D eigenvalue weighted by atomic mass is 35.5. The molecule has 5 nitrogen and oxygen atoms in total. The summed E-state index contributed by atoms with van der Waals surface area (Å²) in [6, 6.07) is 7.24. The molecule has 0 aliphatic carbocycles. The molecule has 0 fully saturated rings. The van der Waals surface area contributed by atoms with Crippen molar-refractivity contribution < 1.29 is 10.2 Å². The first-order valence-corrected chi connectivity index (χ1v) is 7.25. The third-order valence-corrected chi connectivity index (χ3v) is 3.37. The summed E-state index contributed by atoms with van der Waals surface area (Å²) in [6.45, 7) is 5.44. The Hall–Kier alpha value is -1.95. The highest BCUT2D eigenvalue weighted by Crippen LogP contribution is 2.23. The van der Waals surface area contributed by atoms with Crippen LogP contribution in [0.1, 0.15) is 12.7 Å². The van der Waals surface area contributed by atoms with Gasteiger partial charge in [-0.25, -0.2) is 9.67 Å². The fourth-order valence-electron chi connectivity index (χ4n) is 2.03. The van der Waals surface area contributed by atoms with Crippen LogP contribution in [0.3, 0.4) is 0 Å². The molecule has 1 unspecified atom stereocenters. The van der Waals surface area contributed by atoms with Gasteiger partial charge in [0.15, 0.2) is 11.6 Å². The zero-order valence-corrected chi connectivity index (χ0v) is 13.0. The van der Waals surface area contributed by atoms with E-state index in [2.05, 4.69) is 16.7 Å². The summed E-state index contributed by atoms with van der Waals surface area (Å²) in [4.78, 5) is 4.51. The lowest BCUT2D eigenvalue weighted by Gasteiger charge is -2.09. The van der Waals surface area contributed by atoms with Gasteiger partial charge in [0.2, 0.25) is 0 Å². The molecule has 1 aromatic heterocycles. The Morgan fingerprint density at radius 2 is 2.27 bits per heavy atom. The van der Waals surface area contributed by atoms with Crippen molar-refractivity contribution in [3.63, 3.8) is 0 Å². The Balaban J connectivity index is 2.49. The molecular formula is C16H18ClN3O2. The molecular weight excluding hydrogens is 302 g/mol. The normalized spacial score (nSPS) is 13.2. The van der Waals surface area contributed by atoms with Gasteiger partial charge >= 0.3 is 0 Å². The highest BCUT2D eigenvalue weighted by molar-refractivity contribution is 6.30. The second-order valence-corrected chi connectivity index (χ2v) is 5.17. The van der Waals surface area contributed by atoms with E-state index in [0.717, 1.165) is 11.1 Å². The Labute approximate surface area is 134 Å². The van der Waals surface area contributed by atoms with E-state index >= 15 is 0 Å². The summed E-state index contributed by atoms with van der Waals surface area (Å²) in [7, 11) is 0. The van der Waals surface area contributed by atoms with Crippen molar-refractivity contribution >= 4 is 17.2 Å². The molecule has 6 heteroatoms. The van der Waals surface area contributed by atoms with Crippen LogP contribution in [0.2, 0.25) is 5.02 Å². The summed E-state index contributed by atoms with van der Waals surface area (Å²) in [5.41, 5.74) is 1.58. The first-order valence-electron chi connectivity index (χ1n) is 6.87. The number of aliphatic hydroxyl groups is 2. The summed E-state index contributed by atoms with van der Waals surface area (Å²) < 4.78 is 1.56. The Morgan fingerprint density at radius 3 is 2.86 bits per heavy atom. The van der Waals surface area contributed by atoms with Gasteiger partial charge in [-0.2, -0.15) is 5.10 Å². The fraction of sp³-hybridized carbons (Fsp3) is 0.250. The molecule has 0 radical (unpaired) electrons. The van der Waals surface area contributed by atoms with Crippen LogP contribution < -0.4 is 0 Å². The number of aliphatic hydroxyl groups excluding tert-OH is 2. The fourth-order valence-corrected chi connectivity index (χ4v) is 2.22. The molecule has 22 heavy (non-hydrogen) atoms. The van der Waals surface area contributed by atoms with Crippen molar-refractivity contribution in [2.75, 3.05) is 6.61 Å². The molecule has 1 heterocycles. The van der Waals surface area contributed by atoms with Crippen molar-refractivity contribution in [2.45, 2.75) is 19.6 Å². The third kappa shape index (κ3) is 3.62. The first-order chi connectivity index (χ1) is 10.6. The van der Waals surface area contributed by atoms with E-state index in [0.29, 0.717) is 16.7 Å². The standard InChI is InChI=1S/C16H18ClN3O2/c1-3-11(4-2)16-18-15(12-6-5-7-13(17)8-12)19-20(16)9-14(22)10-21/h3-8,14,21-22H,1,9-10H2,2H3. The molecule has 1 atom stereocenters. The number of nitrogens with zero attached hydrogens (tertiary/aromatic N) is 3. The highest BCUT2D eigenvalue weighted by Gasteiger charge is 2.16. The molecule has 0 spiro atoms. The van der Waals surface area contributed by atoms with E-state index in [9.17, 15) is 5.11 Å². The monoisotopic (exact) mass is 319 g/mol. The Morgan fingerprint density at radius 1 is 1.50 bits per heavy atom. The topological polar surface area (TPSA) is 71.2 Å². The maximum absolute atomic E-state index is 9.68. The smallest absolute Gasteiger partial charge is 0.181 e. The summed E-state index contributed by atoms with van der Waals surface area (Å²) in [5.74, 6) is 1.09.